The highest BCUT2D eigenvalue weighted by atomic mass is 19.3. The smallest absolute Gasteiger partial charge is 0.248 e. The van der Waals surface area contributed by atoms with Gasteiger partial charge in [-0.05, 0) is 42.3 Å². The summed E-state index contributed by atoms with van der Waals surface area (Å²) < 4.78 is 34.8. The summed E-state index contributed by atoms with van der Waals surface area (Å²) in [6, 6.07) is 12.7. The molecule has 2 aromatic carbocycles. The lowest BCUT2D eigenvalue weighted by Gasteiger charge is -2.14. The standard InChI is InChI=1S/C22H19F2N5O/c1-3-22(23,24)9-8-14-4-5-15(10-17(14)12-25)20-27-28-21(30-20)16-6-7-18-19(11-16)29(2)13-26-18/h4-7,10-11,13H,3,8-9H2,1-2H3. The number of halogens is 2. The van der Waals surface area contributed by atoms with E-state index in [1.807, 2.05) is 29.8 Å². The predicted octanol–water partition coefficient (Wildman–Crippen LogP) is 5.14. The van der Waals surface area contributed by atoms with Gasteiger partial charge in [-0.2, -0.15) is 5.26 Å². The Morgan fingerprint density at radius 1 is 1.10 bits per heavy atom. The highest BCUT2D eigenvalue weighted by Crippen LogP contribution is 2.29. The van der Waals surface area contributed by atoms with Crippen LogP contribution < -0.4 is 0 Å². The van der Waals surface area contributed by atoms with E-state index in [0.29, 0.717) is 22.6 Å². The van der Waals surface area contributed by atoms with Crippen LogP contribution in [-0.2, 0) is 13.5 Å². The van der Waals surface area contributed by atoms with E-state index in [2.05, 4.69) is 21.3 Å². The third kappa shape index (κ3) is 3.79. The van der Waals surface area contributed by atoms with Gasteiger partial charge in [-0.1, -0.05) is 13.0 Å². The van der Waals surface area contributed by atoms with Crippen LogP contribution in [0.3, 0.4) is 0 Å². The Hall–Kier alpha value is -3.60. The van der Waals surface area contributed by atoms with Crippen molar-refractivity contribution in [1.82, 2.24) is 19.7 Å². The fourth-order valence-electron chi connectivity index (χ4n) is 3.24. The zero-order valence-corrected chi connectivity index (χ0v) is 16.6. The Labute approximate surface area is 171 Å². The van der Waals surface area contributed by atoms with Crippen molar-refractivity contribution in [2.75, 3.05) is 0 Å². The summed E-state index contributed by atoms with van der Waals surface area (Å²) in [6.45, 7) is 1.45. The number of fused-ring (bicyclic) bond motifs is 1. The number of hydrogen-bond donors (Lipinski definition) is 0. The number of imidazole rings is 1. The monoisotopic (exact) mass is 407 g/mol. The Morgan fingerprint density at radius 3 is 2.50 bits per heavy atom. The molecule has 0 aliphatic heterocycles. The topological polar surface area (TPSA) is 80.5 Å². The average Bonchev–Trinajstić information content (AvgIpc) is 3.39. The van der Waals surface area contributed by atoms with Crippen molar-refractivity contribution in [2.45, 2.75) is 32.1 Å². The van der Waals surface area contributed by atoms with Crippen LogP contribution in [-0.4, -0.2) is 25.7 Å². The average molecular weight is 407 g/mol. The minimum Gasteiger partial charge on any atom is -0.416 e. The molecule has 30 heavy (non-hydrogen) atoms. The molecule has 4 rings (SSSR count). The first kappa shape index (κ1) is 19.7. The van der Waals surface area contributed by atoms with Gasteiger partial charge < -0.3 is 8.98 Å². The number of rotatable bonds is 6. The van der Waals surface area contributed by atoms with Gasteiger partial charge in [0, 0.05) is 31.0 Å². The van der Waals surface area contributed by atoms with E-state index in [0.717, 1.165) is 16.6 Å². The number of aromatic nitrogens is 4. The molecule has 6 nitrogen and oxygen atoms in total. The summed E-state index contributed by atoms with van der Waals surface area (Å²) in [7, 11) is 1.90. The maximum Gasteiger partial charge on any atom is 0.248 e. The largest absolute Gasteiger partial charge is 0.416 e. The zero-order chi connectivity index (χ0) is 21.3. The fraction of sp³-hybridized carbons (Fsp3) is 0.273. The van der Waals surface area contributed by atoms with Crippen LogP contribution in [0.15, 0.2) is 47.1 Å². The molecule has 0 atom stereocenters. The van der Waals surface area contributed by atoms with Gasteiger partial charge in [-0.15, -0.1) is 10.2 Å². The second-order valence-electron chi connectivity index (χ2n) is 7.16. The lowest BCUT2D eigenvalue weighted by molar-refractivity contribution is -0.0110. The maximum atomic E-state index is 13.6. The predicted molar refractivity (Wildman–Crippen MR) is 108 cm³/mol. The number of nitriles is 1. The zero-order valence-electron chi connectivity index (χ0n) is 16.6. The first-order chi connectivity index (χ1) is 14.4. The lowest BCUT2D eigenvalue weighted by Crippen LogP contribution is -2.15. The van der Waals surface area contributed by atoms with Crippen molar-refractivity contribution in [3.63, 3.8) is 0 Å². The molecule has 0 fully saturated rings. The summed E-state index contributed by atoms with van der Waals surface area (Å²) in [5.74, 6) is -2.13. The molecule has 2 heterocycles. The number of benzene rings is 2. The molecule has 0 bridgehead atoms. The molecule has 0 saturated carbocycles. The van der Waals surface area contributed by atoms with E-state index in [1.54, 1.807) is 24.5 Å². The molecule has 0 radical (unpaired) electrons. The van der Waals surface area contributed by atoms with E-state index in [4.69, 9.17) is 4.42 Å². The van der Waals surface area contributed by atoms with Crippen LogP contribution in [0, 0.1) is 11.3 Å². The molecule has 0 unspecified atom stereocenters. The van der Waals surface area contributed by atoms with E-state index < -0.39 is 5.92 Å². The van der Waals surface area contributed by atoms with E-state index in [-0.39, 0.29) is 25.2 Å². The molecular formula is C22H19F2N5O. The van der Waals surface area contributed by atoms with Gasteiger partial charge in [-0.3, -0.25) is 0 Å². The molecule has 4 aromatic rings. The van der Waals surface area contributed by atoms with E-state index in [9.17, 15) is 14.0 Å². The quantitative estimate of drug-likeness (QED) is 0.442. The molecule has 152 valence electrons. The molecule has 0 N–H and O–H groups in total. The van der Waals surface area contributed by atoms with Crippen LogP contribution in [0.1, 0.15) is 30.9 Å². The van der Waals surface area contributed by atoms with Crippen molar-refractivity contribution in [3.8, 4) is 29.0 Å². The Morgan fingerprint density at radius 2 is 1.80 bits per heavy atom. The van der Waals surface area contributed by atoms with Crippen molar-refractivity contribution in [1.29, 1.82) is 5.26 Å². The lowest BCUT2D eigenvalue weighted by atomic mass is 9.98. The van der Waals surface area contributed by atoms with Gasteiger partial charge in [0.15, 0.2) is 0 Å². The molecule has 0 amide bonds. The number of alkyl halides is 2. The van der Waals surface area contributed by atoms with Gasteiger partial charge in [0.25, 0.3) is 0 Å². The van der Waals surface area contributed by atoms with Gasteiger partial charge in [0.1, 0.15) is 0 Å². The SMILES string of the molecule is CCC(F)(F)CCc1ccc(-c2nnc(-c3ccc4ncn(C)c4c3)o2)cc1C#N. The molecular weight excluding hydrogens is 388 g/mol. The molecule has 8 heteroatoms. The second-order valence-corrected chi connectivity index (χ2v) is 7.16. The van der Waals surface area contributed by atoms with Crippen molar-refractivity contribution in [2.24, 2.45) is 7.05 Å². The molecule has 0 spiro atoms. The summed E-state index contributed by atoms with van der Waals surface area (Å²) in [5.41, 5.74) is 4.03. The van der Waals surface area contributed by atoms with Gasteiger partial charge in [0.05, 0.1) is 29.0 Å². The van der Waals surface area contributed by atoms with Crippen molar-refractivity contribution >= 4 is 11.0 Å². The van der Waals surface area contributed by atoms with E-state index >= 15 is 0 Å². The first-order valence-corrected chi connectivity index (χ1v) is 9.56. The number of nitrogens with zero attached hydrogens (tertiary/aromatic N) is 5. The summed E-state index contributed by atoms with van der Waals surface area (Å²) in [5, 5.41) is 17.7. The summed E-state index contributed by atoms with van der Waals surface area (Å²) in [4.78, 5) is 4.29. The molecule has 2 aromatic heterocycles. The highest BCUT2D eigenvalue weighted by Gasteiger charge is 2.26. The molecule has 0 saturated heterocycles. The highest BCUT2D eigenvalue weighted by molar-refractivity contribution is 5.80. The van der Waals surface area contributed by atoms with Crippen LogP contribution in [0.4, 0.5) is 8.78 Å². The number of hydrogen-bond acceptors (Lipinski definition) is 5. The van der Waals surface area contributed by atoms with E-state index in [1.165, 1.54) is 6.92 Å². The second kappa shape index (κ2) is 7.67. The number of aryl methyl sites for hydroxylation is 2. The third-order valence-corrected chi connectivity index (χ3v) is 5.15. The van der Waals surface area contributed by atoms with Gasteiger partial charge in [-0.25, -0.2) is 13.8 Å². The minimum atomic E-state index is -2.73. The van der Waals surface area contributed by atoms with Crippen LogP contribution >= 0.6 is 0 Å². The van der Waals surface area contributed by atoms with Gasteiger partial charge >= 0.3 is 0 Å². The summed E-state index contributed by atoms with van der Waals surface area (Å²) in [6.07, 6.45) is 1.35. The Balaban J connectivity index is 1.61. The first-order valence-electron chi connectivity index (χ1n) is 9.56. The fourth-order valence-corrected chi connectivity index (χ4v) is 3.24. The van der Waals surface area contributed by atoms with Crippen molar-refractivity contribution in [3.05, 3.63) is 53.9 Å². The minimum absolute atomic E-state index is 0.129. The molecule has 0 aliphatic carbocycles. The van der Waals surface area contributed by atoms with Crippen LogP contribution in [0.2, 0.25) is 0 Å². The van der Waals surface area contributed by atoms with Crippen LogP contribution in [0.5, 0.6) is 0 Å². The Bertz CT molecular complexity index is 1250. The normalized spacial score (nSPS) is 11.7. The maximum absolute atomic E-state index is 13.6. The Kier molecular flexibility index (Phi) is 5.04. The van der Waals surface area contributed by atoms with Crippen LogP contribution in [0.25, 0.3) is 33.9 Å². The molecule has 0 aliphatic rings. The summed E-state index contributed by atoms with van der Waals surface area (Å²) >= 11 is 0. The van der Waals surface area contributed by atoms with Crippen molar-refractivity contribution < 1.29 is 13.2 Å². The van der Waals surface area contributed by atoms with Gasteiger partial charge in [0.2, 0.25) is 17.7 Å². The third-order valence-electron chi connectivity index (χ3n) is 5.15.